The molecule has 1 aliphatic heterocycles. The summed E-state index contributed by atoms with van der Waals surface area (Å²) in [6.45, 7) is 3.54. The Balaban J connectivity index is 2.47. The molecule has 0 aliphatic carbocycles. The van der Waals surface area contributed by atoms with Gasteiger partial charge in [-0.1, -0.05) is 23.7 Å². The second-order valence-electron chi connectivity index (χ2n) is 4.93. The molecule has 0 radical (unpaired) electrons. The van der Waals surface area contributed by atoms with E-state index in [0.717, 1.165) is 5.56 Å². The maximum Gasteiger partial charge on any atom is 0.319 e. The van der Waals surface area contributed by atoms with E-state index in [4.69, 9.17) is 22.1 Å². The fourth-order valence-corrected chi connectivity index (χ4v) is 2.59. The van der Waals surface area contributed by atoms with Gasteiger partial charge in [0.2, 0.25) is 5.91 Å². The van der Waals surface area contributed by atoms with Crippen LogP contribution in [0.1, 0.15) is 25.3 Å². The zero-order valence-corrected chi connectivity index (χ0v) is 10.9. The SMILES string of the molecule is CC1(C)OC(=O)[C@H](C(N)=O)[C@@H]1c1ccc(Cl)cc1. The highest BCUT2D eigenvalue weighted by molar-refractivity contribution is 6.30. The van der Waals surface area contributed by atoms with Crippen LogP contribution in [-0.4, -0.2) is 17.5 Å². The Bertz CT molecular complexity index is 495. The first-order valence-corrected chi connectivity index (χ1v) is 5.98. The highest BCUT2D eigenvalue weighted by atomic mass is 35.5. The Morgan fingerprint density at radius 2 is 1.89 bits per heavy atom. The molecule has 1 heterocycles. The molecule has 5 heteroatoms. The molecule has 0 unspecified atom stereocenters. The summed E-state index contributed by atoms with van der Waals surface area (Å²) in [5.41, 5.74) is 5.36. The van der Waals surface area contributed by atoms with Gasteiger partial charge in [-0.25, -0.2) is 0 Å². The van der Waals surface area contributed by atoms with E-state index in [-0.39, 0.29) is 5.92 Å². The van der Waals surface area contributed by atoms with Gasteiger partial charge >= 0.3 is 5.97 Å². The van der Waals surface area contributed by atoms with Crippen LogP contribution in [0, 0.1) is 5.92 Å². The molecule has 0 spiro atoms. The molecule has 2 rings (SSSR count). The Hall–Kier alpha value is -1.55. The lowest BCUT2D eigenvalue weighted by Gasteiger charge is -2.26. The predicted octanol–water partition coefficient (Wildman–Crippen LogP) is 1.86. The molecule has 18 heavy (non-hydrogen) atoms. The van der Waals surface area contributed by atoms with E-state index in [2.05, 4.69) is 0 Å². The minimum atomic E-state index is -0.943. The van der Waals surface area contributed by atoms with E-state index >= 15 is 0 Å². The number of primary amides is 1. The molecule has 1 saturated heterocycles. The third-order valence-corrected chi connectivity index (χ3v) is 3.49. The predicted molar refractivity (Wildman–Crippen MR) is 67.0 cm³/mol. The molecule has 1 aromatic carbocycles. The van der Waals surface area contributed by atoms with Crippen LogP contribution in [0.4, 0.5) is 0 Å². The van der Waals surface area contributed by atoms with Gasteiger partial charge in [-0.05, 0) is 31.5 Å². The van der Waals surface area contributed by atoms with Crippen LogP contribution in [0.2, 0.25) is 5.02 Å². The Labute approximate surface area is 110 Å². The van der Waals surface area contributed by atoms with E-state index in [0.29, 0.717) is 5.02 Å². The number of esters is 1. The minimum Gasteiger partial charge on any atom is -0.458 e. The number of hydrogen-bond acceptors (Lipinski definition) is 3. The van der Waals surface area contributed by atoms with E-state index in [1.54, 1.807) is 38.1 Å². The van der Waals surface area contributed by atoms with E-state index < -0.39 is 23.4 Å². The van der Waals surface area contributed by atoms with Crippen molar-refractivity contribution in [1.82, 2.24) is 0 Å². The average molecular weight is 268 g/mol. The first-order chi connectivity index (χ1) is 8.33. The topological polar surface area (TPSA) is 69.4 Å². The van der Waals surface area contributed by atoms with Crippen LogP contribution < -0.4 is 5.73 Å². The maximum absolute atomic E-state index is 11.7. The van der Waals surface area contributed by atoms with Gasteiger partial charge in [0.15, 0.2) is 0 Å². The van der Waals surface area contributed by atoms with E-state index in [9.17, 15) is 9.59 Å². The minimum absolute atomic E-state index is 0.389. The number of hydrogen-bond donors (Lipinski definition) is 1. The highest BCUT2D eigenvalue weighted by Crippen LogP contribution is 2.44. The van der Waals surface area contributed by atoms with Gasteiger partial charge in [0.1, 0.15) is 11.5 Å². The Morgan fingerprint density at radius 1 is 1.33 bits per heavy atom. The van der Waals surface area contributed by atoms with Crippen molar-refractivity contribution < 1.29 is 14.3 Å². The van der Waals surface area contributed by atoms with Gasteiger partial charge in [-0.2, -0.15) is 0 Å². The molecular formula is C13H14ClNO3. The summed E-state index contributed by atoms with van der Waals surface area (Å²) in [6, 6.07) is 7.00. The summed E-state index contributed by atoms with van der Waals surface area (Å²) in [4.78, 5) is 23.2. The van der Waals surface area contributed by atoms with Crippen molar-refractivity contribution in [2.24, 2.45) is 11.7 Å². The lowest BCUT2D eigenvalue weighted by Crippen LogP contribution is -2.34. The fraction of sp³-hybridized carbons (Fsp3) is 0.385. The molecule has 1 fully saturated rings. The van der Waals surface area contributed by atoms with Gasteiger partial charge in [-0.15, -0.1) is 0 Å². The van der Waals surface area contributed by atoms with Gasteiger partial charge in [0.25, 0.3) is 0 Å². The Morgan fingerprint density at radius 3 is 2.39 bits per heavy atom. The zero-order valence-electron chi connectivity index (χ0n) is 10.1. The monoisotopic (exact) mass is 267 g/mol. The van der Waals surface area contributed by atoms with Crippen molar-refractivity contribution >= 4 is 23.5 Å². The normalized spacial score (nSPS) is 25.8. The number of cyclic esters (lactones) is 1. The molecule has 0 bridgehead atoms. The molecule has 2 N–H and O–H groups in total. The smallest absolute Gasteiger partial charge is 0.319 e. The summed E-state index contributed by atoms with van der Waals surface area (Å²) in [5, 5.41) is 0.595. The van der Waals surface area contributed by atoms with Crippen molar-refractivity contribution in [3.63, 3.8) is 0 Å². The zero-order chi connectivity index (χ0) is 13.5. The summed E-state index contributed by atoms with van der Waals surface area (Å²) in [6.07, 6.45) is 0. The van der Waals surface area contributed by atoms with Gasteiger partial charge in [0, 0.05) is 10.9 Å². The molecule has 1 aliphatic rings. The summed E-state index contributed by atoms with van der Waals surface area (Å²) >= 11 is 5.83. The van der Waals surface area contributed by atoms with E-state index in [1.165, 1.54) is 0 Å². The van der Waals surface area contributed by atoms with Gasteiger partial charge in [0.05, 0.1) is 0 Å². The number of nitrogens with two attached hydrogens (primary N) is 1. The van der Waals surface area contributed by atoms with Crippen molar-refractivity contribution in [2.75, 3.05) is 0 Å². The van der Waals surface area contributed by atoms with Crippen LogP contribution >= 0.6 is 11.6 Å². The second kappa shape index (κ2) is 4.28. The number of amides is 1. The molecule has 2 atom stereocenters. The molecular weight excluding hydrogens is 254 g/mol. The van der Waals surface area contributed by atoms with Crippen LogP contribution in [0.5, 0.6) is 0 Å². The number of ether oxygens (including phenoxy) is 1. The lowest BCUT2D eigenvalue weighted by atomic mass is 9.78. The lowest BCUT2D eigenvalue weighted by molar-refractivity contribution is -0.150. The number of carbonyl (C=O) groups excluding carboxylic acids is 2. The highest BCUT2D eigenvalue weighted by Gasteiger charge is 2.53. The molecule has 1 aromatic rings. The molecule has 0 saturated carbocycles. The van der Waals surface area contributed by atoms with Crippen LogP contribution in [0.25, 0.3) is 0 Å². The number of benzene rings is 1. The van der Waals surface area contributed by atoms with Crippen LogP contribution in [0.3, 0.4) is 0 Å². The summed E-state index contributed by atoms with van der Waals surface area (Å²) < 4.78 is 5.25. The third kappa shape index (κ3) is 2.08. The standard InChI is InChI=1S/C13H14ClNO3/c1-13(2)10(7-3-5-8(14)6-4-7)9(11(15)16)12(17)18-13/h3-6,9-10H,1-2H3,(H2,15,16)/t9-,10-/m0/s1. The van der Waals surface area contributed by atoms with Crippen LogP contribution in [0.15, 0.2) is 24.3 Å². The molecule has 4 nitrogen and oxygen atoms in total. The Kier molecular flexibility index (Phi) is 3.07. The van der Waals surface area contributed by atoms with Crippen molar-refractivity contribution in [2.45, 2.75) is 25.4 Å². The second-order valence-corrected chi connectivity index (χ2v) is 5.37. The maximum atomic E-state index is 11.7. The largest absolute Gasteiger partial charge is 0.458 e. The van der Waals surface area contributed by atoms with Gasteiger partial charge in [-0.3, -0.25) is 9.59 Å². The van der Waals surface area contributed by atoms with Crippen LogP contribution in [-0.2, 0) is 14.3 Å². The first-order valence-electron chi connectivity index (χ1n) is 5.60. The summed E-state index contributed by atoms with van der Waals surface area (Å²) in [5.74, 6) is -2.56. The summed E-state index contributed by atoms with van der Waals surface area (Å²) in [7, 11) is 0. The quantitative estimate of drug-likeness (QED) is 0.657. The third-order valence-electron chi connectivity index (χ3n) is 3.24. The first kappa shape index (κ1) is 12.9. The molecule has 96 valence electrons. The van der Waals surface area contributed by atoms with E-state index in [1.807, 2.05) is 0 Å². The number of carbonyl (C=O) groups is 2. The average Bonchev–Trinajstić information content (AvgIpc) is 2.49. The fourth-order valence-electron chi connectivity index (χ4n) is 2.47. The van der Waals surface area contributed by atoms with Crippen molar-refractivity contribution in [3.05, 3.63) is 34.9 Å². The number of rotatable bonds is 2. The van der Waals surface area contributed by atoms with Gasteiger partial charge < -0.3 is 10.5 Å². The van der Waals surface area contributed by atoms with Crippen molar-refractivity contribution in [1.29, 1.82) is 0 Å². The molecule has 1 amide bonds. The van der Waals surface area contributed by atoms with Crippen molar-refractivity contribution in [3.8, 4) is 0 Å². The number of halogens is 1. The molecule has 0 aromatic heterocycles.